The Morgan fingerprint density at radius 1 is 1.32 bits per heavy atom. The van der Waals surface area contributed by atoms with Crippen LogP contribution >= 0.6 is 15.9 Å². The average Bonchev–Trinajstić information content (AvgIpc) is 2.40. The van der Waals surface area contributed by atoms with Gasteiger partial charge in [0.25, 0.3) is 0 Å². The summed E-state index contributed by atoms with van der Waals surface area (Å²) in [5, 5.41) is 0.254. The van der Waals surface area contributed by atoms with Gasteiger partial charge in [0.15, 0.2) is 14.1 Å². The minimum Gasteiger partial charge on any atom is -0.414 e. The second kappa shape index (κ2) is 6.57. The van der Waals surface area contributed by atoms with Crippen LogP contribution in [0.5, 0.6) is 0 Å². The quantitative estimate of drug-likeness (QED) is 0.753. The number of halogens is 1. The monoisotopic (exact) mass is 385 g/mol. The number of aromatic nitrogens is 2. The molecule has 1 aromatic heterocycles. The van der Waals surface area contributed by atoms with Crippen molar-refractivity contribution in [3.05, 3.63) is 16.5 Å². The van der Waals surface area contributed by atoms with Gasteiger partial charge >= 0.3 is 0 Å². The first-order valence-electron chi connectivity index (χ1n) is 8.06. The van der Waals surface area contributed by atoms with Crippen LogP contribution < -0.4 is 5.73 Å². The Bertz CT molecular complexity index is 531. The number of hydrogen-bond donors (Lipinski definition) is 1. The molecule has 0 radical (unpaired) electrons. The lowest BCUT2D eigenvalue weighted by Crippen LogP contribution is -2.44. The summed E-state index contributed by atoms with van der Waals surface area (Å²) in [6.07, 6.45) is 6.71. The minimum atomic E-state index is -1.71. The van der Waals surface area contributed by atoms with Crippen LogP contribution in [-0.2, 0) is 4.43 Å². The van der Waals surface area contributed by atoms with Gasteiger partial charge in [-0.2, -0.15) is 0 Å². The molecule has 0 saturated heterocycles. The molecule has 22 heavy (non-hydrogen) atoms. The van der Waals surface area contributed by atoms with Crippen molar-refractivity contribution in [3.63, 3.8) is 0 Å². The summed E-state index contributed by atoms with van der Waals surface area (Å²) in [6, 6.07) is 0. The molecule has 4 nitrogen and oxygen atoms in total. The SMILES string of the molecule is CC(C)(C)[Si](C)(C)OC1CCC[C@@H](c2cnc(N)c(Br)n2)C1. The van der Waals surface area contributed by atoms with Crippen molar-refractivity contribution >= 4 is 30.1 Å². The average molecular weight is 386 g/mol. The summed E-state index contributed by atoms with van der Waals surface area (Å²) in [7, 11) is -1.71. The molecule has 0 amide bonds. The van der Waals surface area contributed by atoms with Crippen LogP contribution in [0.3, 0.4) is 0 Å². The van der Waals surface area contributed by atoms with E-state index in [4.69, 9.17) is 10.2 Å². The van der Waals surface area contributed by atoms with Crippen molar-refractivity contribution in [2.45, 2.75) is 76.6 Å². The molecule has 1 aromatic rings. The van der Waals surface area contributed by atoms with E-state index in [0.717, 1.165) is 25.0 Å². The van der Waals surface area contributed by atoms with Gasteiger partial charge < -0.3 is 10.2 Å². The van der Waals surface area contributed by atoms with E-state index in [1.807, 2.05) is 6.20 Å². The fraction of sp³-hybridized carbons (Fsp3) is 0.750. The van der Waals surface area contributed by atoms with Gasteiger partial charge in [-0.15, -0.1) is 0 Å². The van der Waals surface area contributed by atoms with Crippen molar-refractivity contribution in [1.82, 2.24) is 9.97 Å². The fourth-order valence-corrected chi connectivity index (χ4v) is 4.41. The Hall–Kier alpha value is -0.463. The molecule has 1 saturated carbocycles. The lowest BCUT2D eigenvalue weighted by molar-refractivity contribution is 0.126. The van der Waals surface area contributed by atoms with Crippen LogP contribution in [0, 0.1) is 0 Å². The Balaban J connectivity index is 2.07. The second-order valence-corrected chi connectivity index (χ2v) is 13.3. The van der Waals surface area contributed by atoms with Crippen molar-refractivity contribution in [1.29, 1.82) is 0 Å². The van der Waals surface area contributed by atoms with E-state index in [0.29, 0.717) is 22.4 Å². The molecule has 1 heterocycles. The zero-order valence-electron chi connectivity index (χ0n) is 14.3. The lowest BCUT2D eigenvalue weighted by atomic mass is 9.85. The smallest absolute Gasteiger partial charge is 0.192 e. The highest BCUT2D eigenvalue weighted by Gasteiger charge is 2.40. The Morgan fingerprint density at radius 2 is 2.00 bits per heavy atom. The van der Waals surface area contributed by atoms with Gasteiger partial charge in [-0.1, -0.05) is 27.2 Å². The van der Waals surface area contributed by atoms with Crippen LogP contribution in [0.2, 0.25) is 18.1 Å². The van der Waals surface area contributed by atoms with Gasteiger partial charge in [0.2, 0.25) is 0 Å². The number of nitrogens with zero attached hydrogens (tertiary/aromatic N) is 2. The molecule has 1 fully saturated rings. The van der Waals surface area contributed by atoms with E-state index < -0.39 is 8.32 Å². The van der Waals surface area contributed by atoms with Gasteiger partial charge in [0, 0.05) is 12.0 Å². The summed E-state index contributed by atoms with van der Waals surface area (Å²) >= 11 is 3.38. The van der Waals surface area contributed by atoms with Crippen LogP contribution in [0.25, 0.3) is 0 Å². The Kier molecular flexibility index (Phi) is 5.34. The van der Waals surface area contributed by atoms with E-state index in [2.05, 4.69) is 59.8 Å². The first-order chi connectivity index (χ1) is 10.1. The number of nitrogen functional groups attached to an aromatic ring is 1. The maximum atomic E-state index is 6.60. The Morgan fingerprint density at radius 3 is 2.59 bits per heavy atom. The first-order valence-corrected chi connectivity index (χ1v) is 11.8. The van der Waals surface area contributed by atoms with E-state index in [1.165, 1.54) is 6.42 Å². The second-order valence-electron chi connectivity index (χ2n) is 7.83. The van der Waals surface area contributed by atoms with Crippen LogP contribution in [0.1, 0.15) is 58.1 Å². The van der Waals surface area contributed by atoms with Crippen molar-refractivity contribution in [3.8, 4) is 0 Å². The van der Waals surface area contributed by atoms with Crippen LogP contribution in [0.15, 0.2) is 10.8 Å². The molecule has 0 bridgehead atoms. The van der Waals surface area contributed by atoms with Crippen molar-refractivity contribution < 1.29 is 4.43 Å². The zero-order chi connectivity index (χ0) is 16.5. The molecule has 2 N–H and O–H groups in total. The molecule has 0 aromatic carbocycles. The highest BCUT2D eigenvalue weighted by atomic mass is 79.9. The molecule has 1 aliphatic carbocycles. The summed E-state index contributed by atoms with van der Waals surface area (Å²) in [5.74, 6) is 0.876. The van der Waals surface area contributed by atoms with Crippen molar-refractivity contribution in [2.24, 2.45) is 0 Å². The third kappa shape index (κ3) is 4.09. The van der Waals surface area contributed by atoms with Gasteiger partial charge in [-0.25, -0.2) is 9.97 Å². The topological polar surface area (TPSA) is 61.0 Å². The summed E-state index contributed by atoms with van der Waals surface area (Å²) in [6.45, 7) is 11.5. The number of nitrogens with two attached hydrogens (primary N) is 1. The Labute approximate surface area is 143 Å². The van der Waals surface area contributed by atoms with Crippen LogP contribution in [0.4, 0.5) is 5.82 Å². The van der Waals surface area contributed by atoms with Gasteiger partial charge in [-0.3, -0.25) is 0 Å². The molecule has 2 atom stereocenters. The predicted molar refractivity (Wildman–Crippen MR) is 97.4 cm³/mol. The third-order valence-electron chi connectivity index (χ3n) is 5.09. The lowest BCUT2D eigenvalue weighted by Gasteiger charge is -2.41. The zero-order valence-corrected chi connectivity index (χ0v) is 16.9. The van der Waals surface area contributed by atoms with Gasteiger partial charge in [0.05, 0.1) is 11.9 Å². The maximum Gasteiger partial charge on any atom is 0.192 e. The molecular formula is C16H28BrN3OSi. The molecule has 1 aliphatic rings. The summed E-state index contributed by atoms with van der Waals surface area (Å²) in [4.78, 5) is 8.79. The highest BCUT2D eigenvalue weighted by Crippen LogP contribution is 2.41. The van der Waals surface area contributed by atoms with Crippen LogP contribution in [-0.4, -0.2) is 24.4 Å². The predicted octanol–water partition coefficient (Wildman–Crippen LogP) is 4.87. The van der Waals surface area contributed by atoms with Gasteiger partial charge in [-0.05, 0) is 53.3 Å². The summed E-state index contributed by atoms with van der Waals surface area (Å²) in [5.41, 5.74) is 6.77. The minimum absolute atomic E-state index is 0.254. The van der Waals surface area contributed by atoms with E-state index >= 15 is 0 Å². The number of hydrogen-bond acceptors (Lipinski definition) is 4. The summed E-state index contributed by atoms with van der Waals surface area (Å²) < 4.78 is 7.25. The number of rotatable bonds is 3. The molecular weight excluding hydrogens is 358 g/mol. The maximum absolute atomic E-state index is 6.60. The molecule has 6 heteroatoms. The third-order valence-corrected chi connectivity index (χ3v) is 10.2. The molecule has 1 unspecified atom stereocenters. The molecule has 124 valence electrons. The van der Waals surface area contributed by atoms with E-state index in [1.54, 1.807) is 0 Å². The van der Waals surface area contributed by atoms with Gasteiger partial charge in [0.1, 0.15) is 4.60 Å². The first kappa shape index (κ1) is 17.9. The normalized spacial score (nSPS) is 23.5. The van der Waals surface area contributed by atoms with E-state index in [9.17, 15) is 0 Å². The largest absolute Gasteiger partial charge is 0.414 e. The standard InChI is InChI=1S/C16H28BrN3OSi/c1-16(2,3)22(4,5)21-12-8-6-7-11(9-12)13-10-19-15(18)14(17)20-13/h10-12H,6-9H2,1-5H3,(H2,18,19)/t11-,12?/m1/s1. The molecule has 2 rings (SSSR count). The molecule has 0 aliphatic heterocycles. The van der Waals surface area contributed by atoms with Crippen molar-refractivity contribution in [2.75, 3.05) is 5.73 Å². The van der Waals surface area contributed by atoms with E-state index in [-0.39, 0.29) is 5.04 Å². The number of anilines is 1. The fourth-order valence-electron chi connectivity index (χ4n) is 2.70. The molecule has 0 spiro atoms. The highest BCUT2D eigenvalue weighted by molar-refractivity contribution is 9.10.